The molecule has 1 atom stereocenters. The van der Waals surface area contributed by atoms with Crippen molar-refractivity contribution in [2.75, 3.05) is 24.4 Å². The van der Waals surface area contributed by atoms with Crippen LogP contribution >= 0.6 is 0 Å². The van der Waals surface area contributed by atoms with E-state index in [0.717, 1.165) is 0 Å². The van der Waals surface area contributed by atoms with E-state index in [1.54, 1.807) is 19.2 Å². The van der Waals surface area contributed by atoms with Crippen molar-refractivity contribution in [3.63, 3.8) is 0 Å². The fourth-order valence-electron chi connectivity index (χ4n) is 2.65. The van der Waals surface area contributed by atoms with E-state index < -0.39 is 0 Å². The second kappa shape index (κ2) is 8.13. The zero-order valence-corrected chi connectivity index (χ0v) is 15.8. The lowest BCUT2D eigenvalue weighted by molar-refractivity contribution is 0.271. The first-order valence-corrected chi connectivity index (χ1v) is 8.74. The van der Waals surface area contributed by atoms with E-state index in [0.29, 0.717) is 34.9 Å². The van der Waals surface area contributed by atoms with Crippen LogP contribution in [0.15, 0.2) is 12.1 Å². The molecule has 2 aromatic heterocycles. The Labute approximate surface area is 161 Å². The molecule has 0 radical (unpaired) electrons. The van der Waals surface area contributed by atoms with Crippen molar-refractivity contribution in [1.82, 2.24) is 25.0 Å². The lowest BCUT2D eigenvalue weighted by Crippen LogP contribution is -2.24. The summed E-state index contributed by atoms with van der Waals surface area (Å²) in [5, 5.41) is 43.7. The van der Waals surface area contributed by atoms with E-state index in [-0.39, 0.29) is 36.4 Å². The monoisotopic (exact) mass is 389 g/mol. The van der Waals surface area contributed by atoms with Crippen LogP contribution in [0.3, 0.4) is 0 Å². The summed E-state index contributed by atoms with van der Waals surface area (Å²) in [4.78, 5) is 8.82. The van der Waals surface area contributed by atoms with Gasteiger partial charge in [0.25, 0.3) is 0 Å². The molecule has 0 spiro atoms. The van der Waals surface area contributed by atoms with Crippen LogP contribution in [0, 0.1) is 0 Å². The molecular formula is C17H23N7O4. The molecule has 150 valence electrons. The SMILES string of the molecule is CCC(CO)Nc1nc(NCc2ccc(OC)c(O)c2O)c2nnn(C)c2n1. The summed E-state index contributed by atoms with van der Waals surface area (Å²) in [5.74, 6) is 0.304. The van der Waals surface area contributed by atoms with Crippen LogP contribution in [0.5, 0.6) is 17.2 Å². The first-order chi connectivity index (χ1) is 13.5. The normalized spacial score (nSPS) is 12.1. The maximum Gasteiger partial charge on any atom is 0.227 e. The highest BCUT2D eigenvalue weighted by atomic mass is 16.5. The summed E-state index contributed by atoms with van der Waals surface area (Å²) in [6.07, 6.45) is 0.698. The number of nitrogens with one attached hydrogen (secondary N) is 2. The van der Waals surface area contributed by atoms with Gasteiger partial charge in [0.1, 0.15) is 0 Å². The minimum Gasteiger partial charge on any atom is -0.504 e. The van der Waals surface area contributed by atoms with Crippen molar-refractivity contribution >= 4 is 22.9 Å². The highest BCUT2D eigenvalue weighted by molar-refractivity contribution is 5.83. The molecule has 0 fully saturated rings. The highest BCUT2D eigenvalue weighted by Crippen LogP contribution is 2.38. The molecule has 11 heteroatoms. The first-order valence-electron chi connectivity index (χ1n) is 8.74. The van der Waals surface area contributed by atoms with Gasteiger partial charge < -0.3 is 30.7 Å². The minimum atomic E-state index is -0.328. The molecule has 0 amide bonds. The minimum absolute atomic E-state index is 0.0523. The molecule has 0 aliphatic heterocycles. The Hall–Kier alpha value is -3.34. The quantitative estimate of drug-likeness (QED) is 0.353. The van der Waals surface area contributed by atoms with E-state index in [2.05, 4.69) is 30.9 Å². The van der Waals surface area contributed by atoms with Crippen molar-refractivity contribution in [2.45, 2.75) is 25.9 Å². The molecular weight excluding hydrogens is 366 g/mol. The molecule has 28 heavy (non-hydrogen) atoms. The zero-order chi connectivity index (χ0) is 20.3. The molecule has 1 aromatic carbocycles. The summed E-state index contributed by atoms with van der Waals surface area (Å²) in [7, 11) is 3.12. The number of anilines is 2. The number of rotatable bonds is 8. The number of fused-ring (bicyclic) bond motifs is 1. The van der Waals surface area contributed by atoms with Gasteiger partial charge in [-0.25, -0.2) is 4.68 Å². The highest BCUT2D eigenvalue weighted by Gasteiger charge is 2.17. The van der Waals surface area contributed by atoms with E-state index in [1.807, 2.05) is 6.92 Å². The van der Waals surface area contributed by atoms with Gasteiger partial charge in [-0.1, -0.05) is 12.1 Å². The average Bonchev–Trinajstić information content (AvgIpc) is 3.08. The third-order valence-electron chi connectivity index (χ3n) is 4.36. The van der Waals surface area contributed by atoms with Crippen LogP contribution in [0.25, 0.3) is 11.2 Å². The maximum atomic E-state index is 10.2. The molecule has 1 unspecified atom stereocenters. The predicted molar refractivity (Wildman–Crippen MR) is 103 cm³/mol. The Morgan fingerprint density at radius 2 is 2.00 bits per heavy atom. The van der Waals surface area contributed by atoms with Crippen molar-refractivity contribution in [3.8, 4) is 17.2 Å². The van der Waals surface area contributed by atoms with Crippen LogP contribution in [0.4, 0.5) is 11.8 Å². The number of aliphatic hydroxyl groups is 1. The second-order valence-corrected chi connectivity index (χ2v) is 6.19. The topological polar surface area (TPSA) is 150 Å². The van der Waals surface area contributed by atoms with E-state index in [4.69, 9.17) is 4.74 Å². The number of nitrogens with zero attached hydrogens (tertiary/aromatic N) is 5. The van der Waals surface area contributed by atoms with Crippen LogP contribution in [-0.2, 0) is 13.6 Å². The lowest BCUT2D eigenvalue weighted by Gasteiger charge is -2.15. The summed E-state index contributed by atoms with van der Waals surface area (Å²) in [5.41, 5.74) is 1.42. The van der Waals surface area contributed by atoms with Crippen molar-refractivity contribution < 1.29 is 20.1 Å². The number of hydrogen-bond donors (Lipinski definition) is 5. The van der Waals surface area contributed by atoms with Gasteiger partial charge in [-0.2, -0.15) is 9.97 Å². The summed E-state index contributed by atoms with van der Waals surface area (Å²) < 4.78 is 6.49. The molecule has 11 nitrogen and oxygen atoms in total. The smallest absolute Gasteiger partial charge is 0.227 e. The number of ether oxygens (including phenoxy) is 1. The Morgan fingerprint density at radius 3 is 2.68 bits per heavy atom. The first kappa shape index (κ1) is 19.4. The molecule has 0 saturated heterocycles. The zero-order valence-electron chi connectivity index (χ0n) is 15.8. The molecule has 3 aromatic rings. The largest absolute Gasteiger partial charge is 0.504 e. The fraction of sp³-hybridized carbons (Fsp3) is 0.412. The lowest BCUT2D eigenvalue weighted by atomic mass is 10.1. The summed E-state index contributed by atoms with van der Waals surface area (Å²) in [6.45, 7) is 2.06. The van der Waals surface area contributed by atoms with Gasteiger partial charge in [-0.3, -0.25) is 0 Å². The Kier molecular flexibility index (Phi) is 5.64. The van der Waals surface area contributed by atoms with Gasteiger partial charge in [0.05, 0.1) is 19.8 Å². The Morgan fingerprint density at radius 1 is 1.21 bits per heavy atom. The average molecular weight is 389 g/mol. The fourth-order valence-corrected chi connectivity index (χ4v) is 2.65. The van der Waals surface area contributed by atoms with Crippen LogP contribution in [-0.4, -0.2) is 60.0 Å². The number of hydrogen-bond acceptors (Lipinski definition) is 10. The molecule has 3 rings (SSSR count). The van der Waals surface area contributed by atoms with Crippen LogP contribution in [0.2, 0.25) is 0 Å². The maximum absolute atomic E-state index is 10.2. The molecule has 5 N–H and O–H groups in total. The number of phenols is 2. The van der Waals surface area contributed by atoms with E-state index in [1.165, 1.54) is 11.8 Å². The number of methoxy groups -OCH3 is 1. The molecule has 0 bridgehead atoms. The van der Waals surface area contributed by atoms with Crippen LogP contribution in [0.1, 0.15) is 18.9 Å². The number of benzene rings is 1. The van der Waals surface area contributed by atoms with Gasteiger partial charge in [-0.15, -0.1) is 5.10 Å². The molecule has 2 heterocycles. The van der Waals surface area contributed by atoms with E-state index in [9.17, 15) is 15.3 Å². The predicted octanol–water partition coefficient (Wildman–Crippen LogP) is 0.973. The van der Waals surface area contributed by atoms with Crippen molar-refractivity contribution in [2.24, 2.45) is 7.05 Å². The number of phenolic OH excluding ortho intramolecular Hbond substituents is 2. The Balaban J connectivity index is 1.91. The Bertz CT molecular complexity index is 972. The number of aliphatic hydroxyl groups excluding tert-OH is 1. The number of aryl methyl sites for hydroxylation is 1. The van der Waals surface area contributed by atoms with Gasteiger partial charge in [0, 0.05) is 19.2 Å². The van der Waals surface area contributed by atoms with Crippen molar-refractivity contribution in [3.05, 3.63) is 17.7 Å². The molecule has 0 saturated carbocycles. The standard InChI is InChI=1S/C17H23N7O4/c1-4-10(8-25)19-17-20-15(12-16(21-17)24(2)23-22-12)18-7-9-5-6-11(28-3)14(27)13(9)26/h5-6,10,25-27H,4,7-8H2,1-3H3,(H2,18,19,20,21). The number of aromatic hydroxyl groups is 2. The van der Waals surface area contributed by atoms with Gasteiger partial charge in [0.15, 0.2) is 28.5 Å². The third kappa shape index (κ3) is 3.69. The summed E-state index contributed by atoms with van der Waals surface area (Å²) >= 11 is 0. The third-order valence-corrected chi connectivity index (χ3v) is 4.36. The van der Waals surface area contributed by atoms with E-state index >= 15 is 0 Å². The summed E-state index contributed by atoms with van der Waals surface area (Å²) in [6, 6.07) is 3.01. The van der Waals surface area contributed by atoms with Crippen molar-refractivity contribution in [1.29, 1.82) is 0 Å². The van der Waals surface area contributed by atoms with Gasteiger partial charge in [0.2, 0.25) is 11.7 Å². The van der Waals surface area contributed by atoms with Gasteiger partial charge in [-0.05, 0) is 18.6 Å². The number of aromatic nitrogens is 5. The molecule has 0 aliphatic rings. The second-order valence-electron chi connectivity index (χ2n) is 6.19. The van der Waals surface area contributed by atoms with Crippen LogP contribution < -0.4 is 15.4 Å². The molecule has 0 aliphatic carbocycles. The van der Waals surface area contributed by atoms with Gasteiger partial charge >= 0.3 is 0 Å².